The van der Waals surface area contributed by atoms with Crippen molar-refractivity contribution >= 4 is 0 Å². The molecular formula is C22H36F2O3. The summed E-state index contributed by atoms with van der Waals surface area (Å²) < 4.78 is 43.6. The molecule has 1 aromatic carbocycles. The molecule has 0 N–H and O–H groups in total. The zero-order chi connectivity index (χ0) is 20.1. The molecule has 0 aliphatic carbocycles. The molecule has 0 saturated heterocycles. The second kappa shape index (κ2) is 13.2. The number of benzene rings is 1. The van der Waals surface area contributed by atoms with Crippen LogP contribution in [0.25, 0.3) is 0 Å². The molecule has 0 spiro atoms. The maximum atomic E-state index is 13.8. The summed E-state index contributed by atoms with van der Waals surface area (Å²) in [6, 6.07) is 3.76. The minimum atomic E-state index is -1.08. The van der Waals surface area contributed by atoms with Crippen LogP contribution in [0.15, 0.2) is 18.2 Å². The molecule has 0 aliphatic rings. The molecule has 156 valence electrons. The van der Waals surface area contributed by atoms with E-state index in [1.54, 1.807) is 21.3 Å². The fraction of sp³-hybridized carbons (Fsp3) is 0.727. The highest BCUT2D eigenvalue weighted by Crippen LogP contribution is 2.33. The third-order valence-corrected chi connectivity index (χ3v) is 5.27. The third-order valence-electron chi connectivity index (χ3n) is 5.27. The maximum Gasteiger partial charge on any atom is 0.285 e. The second-order valence-corrected chi connectivity index (χ2v) is 7.10. The Balaban J connectivity index is 2.61. The van der Waals surface area contributed by atoms with Crippen LogP contribution in [0, 0.1) is 17.6 Å². The molecule has 0 heterocycles. The van der Waals surface area contributed by atoms with E-state index in [9.17, 15) is 8.78 Å². The molecule has 0 aromatic heterocycles. The SMILES string of the molecule is CCCCCCCCC(CCCc1ccc(F)cc1F)C(OC)(OC)OC. The van der Waals surface area contributed by atoms with Gasteiger partial charge in [0.15, 0.2) is 0 Å². The van der Waals surface area contributed by atoms with E-state index < -0.39 is 17.6 Å². The Morgan fingerprint density at radius 1 is 0.852 bits per heavy atom. The normalized spacial score (nSPS) is 13.1. The van der Waals surface area contributed by atoms with E-state index in [2.05, 4.69) is 6.92 Å². The van der Waals surface area contributed by atoms with E-state index in [0.29, 0.717) is 12.0 Å². The molecule has 0 fully saturated rings. The van der Waals surface area contributed by atoms with E-state index in [0.717, 1.165) is 31.7 Å². The maximum absolute atomic E-state index is 13.8. The average molecular weight is 387 g/mol. The molecule has 27 heavy (non-hydrogen) atoms. The van der Waals surface area contributed by atoms with Gasteiger partial charge in [0.1, 0.15) is 11.6 Å². The second-order valence-electron chi connectivity index (χ2n) is 7.10. The van der Waals surface area contributed by atoms with Crippen LogP contribution in [0.2, 0.25) is 0 Å². The summed E-state index contributed by atoms with van der Waals surface area (Å²) in [5, 5.41) is 0. The van der Waals surface area contributed by atoms with Gasteiger partial charge >= 0.3 is 0 Å². The molecule has 1 aromatic rings. The first-order valence-corrected chi connectivity index (χ1v) is 10.1. The van der Waals surface area contributed by atoms with Crippen molar-refractivity contribution in [1.29, 1.82) is 0 Å². The predicted molar refractivity (Wildman–Crippen MR) is 105 cm³/mol. The van der Waals surface area contributed by atoms with Crippen molar-refractivity contribution in [2.45, 2.75) is 77.1 Å². The van der Waals surface area contributed by atoms with Crippen LogP contribution < -0.4 is 0 Å². The number of rotatable bonds is 15. The third kappa shape index (κ3) is 7.84. The number of methoxy groups -OCH3 is 3. The van der Waals surface area contributed by atoms with Crippen molar-refractivity contribution in [3.63, 3.8) is 0 Å². The van der Waals surface area contributed by atoms with Crippen LogP contribution in [-0.4, -0.2) is 27.3 Å². The van der Waals surface area contributed by atoms with Crippen LogP contribution in [0.4, 0.5) is 8.78 Å². The molecule has 1 atom stereocenters. The van der Waals surface area contributed by atoms with Gasteiger partial charge in [0.05, 0.1) is 0 Å². The highest BCUT2D eigenvalue weighted by Gasteiger charge is 2.39. The summed E-state index contributed by atoms with van der Waals surface area (Å²) in [5.74, 6) is -2.06. The molecule has 0 saturated carbocycles. The summed E-state index contributed by atoms with van der Waals surface area (Å²) >= 11 is 0. The quantitative estimate of drug-likeness (QED) is 0.263. The number of hydrogen-bond acceptors (Lipinski definition) is 3. The van der Waals surface area contributed by atoms with Gasteiger partial charge in [0.25, 0.3) is 5.97 Å². The van der Waals surface area contributed by atoms with E-state index in [1.807, 2.05) is 0 Å². The largest absolute Gasteiger partial charge is 0.331 e. The average Bonchev–Trinajstić information content (AvgIpc) is 2.67. The molecule has 1 rings (SSSR count). The highest BCUT2D eigenvalue weighted by atomic mass is 19.1. The first kappa shape index (κ1) is 24.0. The molecule has 0 aliphatic heterocycles. The topological polar surface area (TPSA) is 27.7 Å². The lowest BCUT2D eigenvalue weighted by molar-refractivity contribution is -0.380. The fourth-order valence-electron chi connectivity index (χ4n) is 3.68. The Labute approximate surface area is 163 Å². The summed E-state index contributed by atoms with van der Waals surface area (Å²) in [6.07, 6.45) is 10.3. The standard InChI is InChI=1S/C22H36F2O3/c1-5-6-7-8-9-10-13-19(22(25-2,26-3)27-4)14-11-12-18-15-16-20(23)17-21(18)24/h15-17,19H,5-14H2,1-4H3. The first-order valence-electron chi connectivity index (χ1n) is 10.1. The zero-order valence-electron chi connectivity index (χ0n) is 17.4. The minimum Gasteiger partial charge on any atom is -0.331 e. The Morgan fingerprint density at radius 3 is 2.04 bits per heavy atom. The van der Waals surface area contributed by atoms with Crippen molar-refractivity contribution in [3.05, 3.63) is 35.4 Å². The van der Waals surface area contributed by atoms with Crippen LogP contribution in [0.5, 0.6) is 0 Å². The van der Waals surface area contributed by atoms with Gasteiger partial charge in [-0.3, -0.25) is 0 Å². The van der Waals surface area contributed by atoms with E-state index in [-0.39, 0.29) is 5.92 Å². The van der Waals surface area contributed by atoms with Crippen LogP contribution in [0.1, 0.15) is 70.3 Å². The molecular weight excluding hydrogens is 350 g/mol. The molecule has 3 nitrogen and oxygen atoms in total. The van der Waals surface area contributed by atoms with Gasteiger partial charge in [0, 0.05) is 33.3 Å². The number of hydrogen-bond donors (Lipinski definition) is 0. The van der Waals surface area contributed by atoms with E-state index in [1.165, 1.54) is 44.2 Å². The van der Waals surface area contributed by atoms with Crippen molar-refractivity contribution in [1.82, 2.24) is 0 Å². The monoisotopic (exact) mass is 386 g/mol. The zero-order valence-corrected chi connectivity index (χ0v) is 17.4. The van der Waals surface area contributed by atoms with Crippen molar-refractivity contribution in [2.75, 3.05) is 21.3 Å². The summed E-state index contributed by atoms with van der Waals surface area (Å²) in [5.41, 5.74) is 0.535. The summed E-state index contributed by atoms with van der Waals surface area (Å²) in [6.45, 7) is 2.21. The number of unbranched alkanes of at least 4 members (excludes halogenated alkanes) is 5. The van der Waals surface area contributed by atoms with Gasteiger partial charge in [-0.25, -0.2) is 8.78 Å². The Hall–Kier alpha value is -1.04. The van der Waals surface area contributed by atoms with E-state index >= 15 is 0 Å². The van der Waals surface area contributed by atoms with E-state index in [4.69, 9.17) is 14.2 Å². The Morgan fingerprint density at radius 2 is 1.44 bits per heavy atom. The number of aryl methyl sites for hydroxylation is 1. The Bertz CT molecular complexity index is 510. The van der Waals surface area contributed by atoms with Crippen LogP contribution in [0.3, 0.4) is 0 Å². The van der Waals surface area contributed by atoms with Crippen molar-refractivity contribution in [3.8, 4) is 0 Å². The molecule has 0 radical (unpaired) electrons. The van der Waals surface area contributed by atoms with Gasteiger partial charge in [-0.1, -0.05) is 51.5 Å². The lowest BCUT2D eigenvalue weighted by atomic mass is 9.91. The van der Waals surface area contributed by atoms with Gasteiger partial charge in [-0.15, -0.1) is 0 Å². The molecule has 1 unspecified atom stereocenters. The minimum absolute atomic E-state index is 0.0483. The molecule has 5 heteroatoms. The molecule has 0 amide bonds. The van der Waals surface area contributed by atoms with Crippen molar-refractivity contribution in [2.24, 2.45) is 5.92 Å². The first-order chi connectivity index (χ1) is 13.0. The van der Waals surface area contributed by atoms with Crippen molar-refractivity contribution < 1.29 is 23.0 Å². The lowest BCUT2D eigenvalue weighted by Gasteiger charge is -2.36. The summed E-state index contributed by atoms with van der Waals surface area (Å²) in [7, 11) is 4.75. The predicted octanol–water partition coefficient (Wildman–Crippen LogP) is 6.25. The van der Waals surface area contributed by atoms with Gasteiger partial charge in [-0.2, -0.15) is 0 Å². The number of halogens is 2. The van der Waals surface area contributed by atoms with Gasteiger partial charge < -0.3 is 14.2 Å². The van der Waals surface area contributed by atoms with Gasteiger partial charge in [0.2, 0.25) is 0 Å². The van der Waals surface area contributed by atoms with Crippen LogP contribution in [-0.2, 0) is 20.6 Å². The summed E-state index contributed by atoms with van der Waals surface area (Å²) in [4.78, 5) is 0. The Kier molecular flexibility index (Phi) is 11.7. The van der Waals surface area contributed by atoms with Gasteiger partial charge in [-0.05, 0) is 37.3 Å². The lowest BCUT2D eigenvalue weighted by Crippen LogP contribution is -2.44. The molecule has 0 bridgehead atoms. The van der Waals surface area contributed by atoms with Crippen LogP contribution >= 0.6 is 0 Å². The number of ether oxygens (including phenoxy) is 3. The highest BCUT2D eigenvalue weighted by molar-refractivity contribution is 5.18. The smallest absolute Gasteiger partial charge is 0.285 e. The fourth-order valence-corrected chi connectivity index (χ4v) is 3.68.